The number of aliphatic carboxylic acids is 2. The third-order valence-corrected chi connectivity index (χ3v) is 6.67. The Balaban J connectivity index is 0.000000258. The van der Waals surface area contributed by atoms with E-state index in [9.17, 15) is 9.59 Å². The maximum atomic E-state index is 9.55. The van der Waals surface area contributed by atoms with E-state index in [0.29, 0.717) is 12.2 Å². The van der Waals surface area contributed by atoms with Gasteiger partial charge in [0.05, 0.1) is 5.00 Å². The van der Waals surface area contributed by atoms with Gasteiger partial charge in [0.2, 0.25) is 0 Å². The maximum Gasteiger partial charge on any atom is 0.328 e. The highest BCUT2D eigenvalue weighted by Gasteiger charge is 2.34. The lowest BCUT2D eigenvalue weighted by atomic mass is 10.1. The fourth-order valence-corrected chi connectivity index (χ4v) is 4.95. The van der Waals surface area contributed by atoms with Crippen LogP contribution in [0.2, 0.25) is 0 Å². The average Bonchev–Trinajstić information content (AvgIpc) is 3.27. The third-order valence-electron chi connectivity index (χ3n) is 5.48. The second-order valence-electron chi connectivity index (χ2n) is 7.30. The van der Waals surface area contributed by atoms with Gasteiger partial charge in [0.15, 0.2) is 0 Å². The summed E-state index contributed by atoms with van der Waals surface area (Å²) < 4.78 is 0. The third kappa shape index (κ3) is 5.68. The lowest BCUT2D eigenvalue weighted by molar-refractivity contribution is -0.134. The summed E-state index contributed by atoms with van der Waals surface area (Å²) in [6.45, 7) is 2.40. The van der Waals surface area contributed by atoms with Crippen LogP contribution >= 0.6 is 11.3 Å². The van der Waals surface area contributed by atoms with Crippen molar-refractivity contribution in [3.63, 3.8) is 0 Å². The molecular weight excluding hydrogens is 388 g/mol. The van der Waals surface area contributed by atoms with Crippen LogP contribution in [0.25, 0.3) is 10.4 Å². The molecule has 1 aromatic carbocycles. The molecule has 0 aliphatic carbocycles. The molecule has 154 valence electrons. The van der Waals surface area contributed by atoms with Crippen LogP contribution in [-0.4, -0.2) is 59.3 Å². The Morgan fingerprint density at radius 1 is 0.966 bits per heavy atom. The predicted octanol–water partition coefficient (Wildman–Crippen LogP) is 3.80. The van der Waals surface area contributed by atoms with Crippen molar-refractivity contribution in [1.29, 1.82) is 0 Å². The summed E-state index contributed by atoms with van der Waals surface area (Å²) in [6.07, 6.45) is 5.19. The molecule has 0 radical (unpaired) electrons. The average molecular weight is 415 g/mol. The number of nitrogens with zero attached hydrogens (tertiary/aromatic N) is 2. The van der Waals surface area contributed by atoms with Crippen molar-refractivity contribution >= 4 is 28.3 Å². The highest BCUT2D eigenvalue weighted by atomic mass is 32.1. The van der Waals surface area contributed by atoms with E-state index in [2.05, 4.69) is 59.3 Å². The number of fused-ring (bicyclic) bond motifs is 2. The zero-order chi connectivity index (χ0) is 20.8. The zero-order valence-electron chi connectivity index (χ0n) is 16.4. The first kappa shape index (κ1) is 21.1. The Bertz CT molecular complexity index is 849. The number of carboxylic acids is 2. The van der Waals surface area contributed by atoms with Gasteiger partial charge in [0.25, 0.3) is 0 Å². The Hall–Kier alpha value is -2.64. The summed E-state index contributed by atoms with van der Waals surface area (Å²) in [6, 6.07) is 16.9. The monoisotopic (exact) mass is 414 g/mol. The van der Waals surface area contributed by atoms with E-state index in [4.69, 9.17) is 10.2 Å². The largest absolute Gasteiger partial charge is 0.478 e. The molecular formula is C22H26N2O4S. The lowest BCUT2D eigenvalue weighted by Gasteiger charge is -2.26. The zero-order valence-corrected chi connectivity index (χ0v) is 17.2. The van der Waals surface area contributed by atoms with Gasteiger partial charge in [-0.2, -0.15) is 0 Å². The summed E-state index contributed by atoms with van der Waals surface area (Å²) in [5, 5.41) is 17.1. The fourth-order valence-electron chi connectivity index (χ4n) is 3.91. The summed E-state index contributed by atoms with van der Waals surface area (Å²) >= 11 is 1.94. The molecule has 4 rings (SSSR count). The van der Waals surface area contributed by atoms with Gasteiger partial charge < -0.3 is 15.1 Å². The molecule has 2 aromatic rings. The van der Waals surface area contributed by atoms with E-state index < -0.39 is 11.9 Å². The van der Waals surface area contributed by atoms with Gasteiger partial charge in [-0.15, -0.1) is 11.3 Å². The smallest absolute Gasteiger partial charge is 0.328 e. The molecule has 2 fully saturated rings. The number of rotatable bonds is 4. The minimum atomic E-state index is -1.26. The quantitative estimate of drug-likeness (QED) is 0.741. The molecule has 2 bridgehead atoms. The van der Waals surface area contributed by atoms with E-state index in [1.54, 1.807) is 0 Å². The summed E-state index contributed by atoms with van der Waals surface area (Å²) in [4.78, 5) is 25.7. The Morgan fingerprint density at radius 2 is 1.62 bits per heavy atom. The molecule has 2 saturated heterocycles. The number of benzene rings is 1. The Labute approximate surface area is 174 Å². The van der Waals surface area contributed by atoms with Gasteiger partial charge in [0, 0.05) is 42.2 Å². The molecule has 2 unspecified atom stereocenters. The van der Waals surface area contributed by atoms with E-state index in [1.807, 2.05) is 11.3 Å². The number of carboxylic acid groups (broad SMARTS) is 2. The van der Waals surface area contributed by atoms with Crippen molar-refractivity contribution in [1.82, 2.24) is 4.90 Å². The minimum Gasteiger partial charge on any atom is -0.478 e. The first-order valence-corrected chi connectivity index (χ1v) is 10.5. The number of anilines is 1. The molecule has 1 aromatic heterocycles. The van der Waals surface area contributed by atoms with E-state index in [0.717, 1.165) is 12.1 Å². The minimum absolute atomic E-state index is 0.558. The highest BCUT2D eigenvalue weighted by molar-refractivity contribution is 7.19. The van der Waals surface area contributed by atoms with Crippen molar-refractivity contribution in [3.05, 3.63) is 54.6 Å². The topological polar surface area (TPSA) is 81.1 Å². The Morgan fingerprint density at radius 3 is 2.28 bits per heavy atom. The van der Waals surface area contributed by atoms with Crippen molar-refractivity contribution < 1.29 is 19.8 Å². The standard InChI is InChI=1S/C18H22N2S.C4H4O4/c1-19-15-7-8-16(19)13-20(12-11-15)18-10-9-17(21-18)14-5-3-2-4-6-14;5-3(6)1-2-4(7)8/h2-6,9-10,15-16H,7-8,11-13H2,1H3;1-2H,(H,5,6)(H,7,8)/b;2-1+. The second kappa shape index (κ2) is 9.71. The number of likely N-dealkylation sites (N-methyl/N-ethyl adjacent to an activating group) is 1. The van der Waals surface area contributed by atoms with Gasteiger partial charge in [-0.3, -0.25) is 4.90 Å². The maximum absolute atomic E-state index is 9.55. The van der Waals surface area contributed by atoms with Crippen LogP contribution in [0.1, 0.15) is 19.3 Å². The number of hydrogen-bond acceptors (Lipinski definition) is 5. The van der Waals surface area contributed by atoms with Gasteiger partial charge >= 0.3 is 11.9 Å². The SMILES string of the molecule is CN1C2CCC1CN(c1ccc(-c3ccccc3)s1)CC2.O=C(O)/C=C/C(=O)O. The molecule has 2 aliphatic heterocycles. The van der Waals surface area contributed by atoms with E-state index >= 15 is 0 Å². The summed E-state index contributed by atoms with van der Waals surface area (Å²) in [5.74, 6) is -2.51. The van der Waals surface area contributed by atoms with Crippen molar-refractivity contribution in [2.45, 2.75) is 31.3 Å². The van der Waals surface area contributed by atoms with Crippen molar-refractivity contribution in [2.24, 2.45) is 0 Å². The van der Waals surface area contributed by atoms with Crippen molar-refractivity contribution in [2.75, 3.05) is 25.0 Å². The molecule has 2 aliphatic rings. The van der Waals surface area contributed by atoms with E-state index in [-0.39, 0.29) is 0 Å². The first-order valence-electron chi connectivity index (χ1n) is 9.70. The molecule has 3 heterocycles. The first-order chi connectivity index (χ1) is 13.9. The Kier molecular flexibility index (Phi) is 7.06. The van der Waals surface area contributed by atoms with E-state index in [1.165, 1.54) is 47.8 Å². The van der Waals surface area contributed by atoms with Crippen LogP contribution in [-0.2, 0) is 9.59 Å². The number of thiophene rings is 1. The summed E-state index contributed by atoms with van der Waals surface area (Å²) in [5.41, 5.74) is 1.34. The number of carbonyl (C=O) groups is 2. The lowest BCUT2D eigenvalue weighted by Crippen LogP contribution is -2.36. The second-order valence-corrected chi connectivity index (χ2v) is 8.36. The molecule has 0 amide bonds. The molecule has 7 heteroatoms. The van der Waals surface area contributed by atoms with Crippen LogP contribution < -0.4 is 4.90 Å². The molecule has 2 atom stereocenters. The van der Waals surface area contributed by atoms with Crippen LogP contribution in [0, 0.1) is 0 Å². The summed E-state index contributed by atoms with van der Waals surface area (Å²) in [7, 11) is 2.32. The normalized spacial score (nSPS) is 21.5. The molecule has 29 heavy (non-hydrogen) atoms. The van der Waals surface area contributed by atoms with Gasteiger partial charge in [-0.05, 0) is 44.0 Å². The fraction of sp³-hybridized carbons (Fsp3) is 0.364. The molecule has 0 spiro atoms. The molecule has 6 nitrogen and oxygen atoms in total. The molecule has 0 saturated carbocycles. The highest BCUT2D eigenvalue weighted by Crippen LogP contribution is 2.36. The number of hydrogen-bond donors (Lipinski definition) is 2. The van der Waals surface area contributed by atoms with Crippen LogP contribution in [0.4, 0.5) is 5.00 Å². The van der Waals surface area contributed by atoms with Gasteiger partial charge in [-0.1, -0.05) is 30.3 Å². The van der Waals surface area contributed by atoms with Crippen molar-refractivity contribution in [3.8, 4) is 10.4 Å². The predicted molar refractivity (Wildman–Crippen MR) is 116 cm³/mol. The van der Waals surface area contributed by atoms with Crippen LogP contribution in [0.15, 0.2) is 54.6 Å². The van der Waals surface area contributed by atoms with Crippen LogP contribution in [0.5, 0.6) is 0 Å². The van der Waals surface area contributed by atoms with Crippen LogP contribution in [0.3, 0.4) is 0 Å². The van der Waals surface area contributed by atoms with Gasteiger partial charge in [-0.25, -0.2) is 9.59 Å². The molecule has 2 N–H and O–H groups in total. The van der Waals surface area contributed by atoms with Gasteiger partial charge in [0.1, 0.15) is 0 Å².